The molecule has 0 saturated carbocycles. The molecule has 4 heteroatoms. The van der Waals surface area contributed by atoms with Gasteiger partial charge in [-0.3, -0.25) is 0 Å². The van der Waals surface area contributed by atoms with Gasteiger partial charge in [0.1, 0.15) is 0 Å². The minimum absolute atomic E-state index is 0.438. The van der Waals surface area contributed by atoms with Crippen LogP contribution in [0.2, 0.25) is 15.1 Å². The van der Waals surface area contributed by atoms with Crippen LogP contribution in [0.4, 0.5) is 0 Å². The van der Waals surface area contributed by atoms with E-state index in [2.05, 4.69) is 0 Å². The minimum atomic E-state index is 0.438. The third-order valence-electron chi connectivity index (χ3n) is 1.28. The fourth-order valence-electron chi connectivity index (χ4n) is 0.734. The molecule has 0 bridgehead atoms. The molecule has 1 aromatic rings. The highest BCUT2D eigenvalue weighted by molar-refractivity contribution is 6.43. The summed E-state index contributed by atoms with van der Waals surface area (Å²) >= 11 is 22.7. The monoisotopic (exact) mass is 240 g/mol. The van der Waals surface area contributed by atoms with Gasteiger partial charge in [-0.2, -0.15) is 0 Å². The maximum atomic E-state index is 5.83. The SMILES string of the molecule is ClC=Cc1cc(Cl)c(Cl)cc1Cl. The zero-order valence-electron chi connectivity index (χ0n) is 5.82. The van der Waals surface area contributed by atoms with E-state index in [0.29, 0.717) is 15.1 Å². The van der Waals surface area contributed by atoms with Gasteiger partial charge in [0.15, 0.2) is 0 Å². The van der Waals surface area contributed by atoms with Crippen molar-refractivity contribution in [2.24, 2.45) is 0 Å². The zero-order valence-corrected chi connectivity index (χ0v) is 8.84. The van der Waals surface area contributed by atoms with E-state index in [0.717, 1.165) is 5.56 Å². The van der Waals surface area contributed by atoms with Crippen LogP contribution in [0, 0.1) is 0 Å². The summed E-state index contributed by atoms with van der Waals surface area (Å²) in [4.78, 5) is 0. The van der Waals surface area contributed by atoms with Crippen molar-refractivity contribution in [2.75, 3.05) is 0 Å². The van der Waals surface area contributed by atoms with Gasteiger partial charge in [0.2, 0.25) is 0 Å². The van der Waals surface area contributed by atoms with E-state index < -0.39 is 0 Å². The largest absolute Gasteiger partial charge is 0.0929 e. The molecule has 0 unspecified atom stereocenters. The topological polar surface area (TPSA) is 0 Å². The Labute approximate surface area is 90.7 Å². The third-order valence-corrected chi connectivity index (χ3v) is 2.46. The molecule has 0 spiro atoms. The second kappa shape index (κ2) is 4.38. The zero-order chi connectivity index (χ0) is 9.14. The van der Waals surface area contributed by atoms with E-state index >= 15 is 0 Å². The van der Waals surface area contributed by atoms with Gasteiger partial charge in [-0.25, -0.2) is 0 Å². The fraction of sp³-hybridized carbons (Fsp3) is 0. The molecule has 0 aliphatic rings. The lowest BCUT2D eigenvalue weighted by molar-refractivity contribution is 1.65. The van der Waals surface area contributed by atoms with Gasteiger partial charge in [0.05, 0.1) is 10.0 Å². The molecule has 64 valence electrons. The van der Waals surface area contributed by atoms with Crippen LogP contribution in [-0.4, -0.2) is 0 Å². The molecular weight excluding hydrogens is 238 g/mol. The molecule has 1 aromatic carbocycles. The van der Waals surface area contributed by atoms with Crippen molar-refractivity contribution in [2.45, 2.75) is 0 Å². The quantitative estimate of drug-likeness (QED) is 0.617. The van der Waals surface area contributed by atoms with Gasteiger partial charge in [-0.1, -0.05) is 46.4 Å². The summed E-state index contributed by atoms with van der Waals surface area (Å²) in [7, 11) is 0. The average molecular weight is 242 g/mol. The predicted octanol–water partition coefficient (Wildman–Crippen LogP) is 4.86. The summed E-state index contributed by atoms with van der Waals surface area (Å²) in [5, 5.41) is 1.43. The fourth-order valence-corrected chi connectivity index (χ4v) is 1.49. The molecule has 1 rings (SSSR count). The minimum Gasteiger partial charge on any atom is -0.0929 e. The highest BCUT2D eigenvalue weighted by Gasteiger charge is 2.02. The van der Waals surface area contributed by atoms with Gasteiger partial charge in [0, 0.05) is 10.6 Å². The Morgan fingerprint density at radius 1 is 0.917 bits per heavy atom. The first-order valence-corrected chi connectivity index (χ1v) is 4.63. The molecule has 0 atom stereocenters. The Morgan fingerprint density at radius 3 is 2.08 bits per heavy atom. The molecule has 0 aromatic heterocycles. The van der Waals surface area contributed by atoms with E-state index in [-0.39, 0.29) is 0 Å². The van der Waals surface area contributed by atoms with Gasteiger partial charge >= 0.3 is 0 Å². The number of rotatable bonds is 1. The molecule has 0 N–H and O–H groups in total. The van der Waals surface area contributed by atoms with Crippen LogP contribution in [0.15, 0.2) is 17.7 Å². The van der Waals surface area contributed by atoms with Crippen LogP contribution in [0.3, 0.4) is 0 Å². The van der Waals surface area contributed by atoms with E-state index in [1.165, 1.54) is 5.54 Å². The molecule has 0 radical (unpaired) electrons. The van der Waals surface area contributed by atoms with Crippen molar-refractivity contribution in [1.29, 1.82) is 0 Å². The van der Waals surface area contributed by atoms with E-state index in [1.54, 1.807) is 18.2 Å². The van der Waals surface area contributed by atoms with E-state index in [9.17, 15) is 0 Å². The average Bonchev–Trinajstić information content (AvgIpc) is 2.01. The second-order valence-corrected chi connectivity index (χ2v) is 3.55. The first-order chi connectivity index (χ1) is 5.65. The maximum Gasteiger partial charge on any atom is 0.0607 e. The number of hydrogen-bond acceptors (Lipinski definition) is 0. The van der Waals surface area contributed by atoms with Crippen LogP contribution in [0.1, 0.15) is 5.56 Å². The van der Waals surface area contributed by atoms with Crippen molar-refractivity contribution < 1.29 is 0 Å². The van der Waals surface area contributed by atoms with Crippen molar-refractivity contribution >= 4 is 52.5 Å². The molecule has 12 heavy (non-hydrogen) atoms. The molecular formula is C8H4Cl4. The Hall–Kier alpha value is 0.120. The lowest BCUT2D eigenvalue weighted by Crippen LogP contribution is -1.76. The first kappa shape index (κ1) is 10.2. The standard InChI is InChI=1S/C8H4Cl4/c9-2-1-5-3-7(11)8(12)4-6(5)10/h1-4H. The molecule has 0 aliphatic carbocycles. The van der Waals surface area contributed by atoms with Crippen LogP contribution in [0.5, 0.6) is 0 Å². The lowest BCUT2D eigenvalue weighted by atomic mass is 10.2. The van der Waals surface area contributed by atoms with Gasteiger partial charge in [-0.05, 0) is 23.8 Å². The highest BCUT2D eigenvalue weighted by Crippen LogP contribution is 2.29. The summed E-state index contributed by atoms with van der Waals surface area (Å²) in [5.74, 6) is 0. The van der Waals surface area contributed by atoms with Crippen LogP contribution in [0.25, 0.3) is 6.08 Å². The number of hydrogen-bond donors (Lipinski definition) is 0. The first-order valence-electron chi connectivity index (χ1n) is 3.06. The van der Waals surface area contributed by atoms with Crippen molar-refractivity contribution in [3.8, 4) is 0 Å². The molecule has 0 amide bonds. The molecule has 0 fully saturated rings. The summed E-state index contributed by atoms with van der Waals surface area (Å²) in [5.41, 5.74) is 2.12. The number of halogens is 4. The Bertz CT molecular complexity index is 317. The smallest absolute Gasteiger partial charge is 0.0607 e. The van der Waals surface area contributed by atoms with Gasteiger partial charge in [0.25, 0.3) is 0 Å². The predicted molar refractivity (Wildman–Crippen MR) is 56.4 cm³/mol. The Balaban J connectivity index is 3.23. The normalized spacial score (nSPS) is 11.0. The van der Waals surface area contributed by atoms with E-state index in [4.69, 9.17) is 46.4 Å². The lowest BCUT2D eigenvalue weighted by Gasteiger charge is -2.00. The summed E-state index contributed by atoms with van der Waals surface area (Å²) < 4.78 is 0. The molecule has 0 aliphatic heterocycles. The second-order valence-electron chi connectivity index (χ2n) is 2.08. The van der Waals surface area contributed by atoms with Crippen LogP contribution < -0.4 is 0 Å². The van der Waals surface area contributed by atoms with E-state index in [1.807, 2.05) is 0 Å². The Morgan fingerprint density at radius 2 is 1.50 bits per heavy atom. The Kier molecular flexibility index (Phi) is 3.73. The molecule has 0 heterocycles. The summed E-state index contributed by atoms with van der Waals surface area (Å²) in [6.45, 7) is 0. The van der Waals surface area contributed by atoms with Crippen molar-refractivity contribution in [3.63, 3.8) is 0 Å². The summed E-state index contributed by atoms with van der Waals surface area (Å²) in [6.07, 6.45) is 1.64. The van der Waals surface area contributed by atoms with Gasteiger partial charge in [-0.15, -0.1) is 0 Å². The third kappa shape index (κ3) is 2.30. The van der Waals surface area contributed by atoms with Crippen molar-refractivity contribution in [1.82, 2.24) is 0 Å². The summed E-state index contributed by atoms with van der Waals surface area (Å²) in [6, 6.07) is 3.24. The molecule has 0 saturated heterocycles. The van der Waals surface area contributed by atoms with Crippen LogP contribution >= 0.6 is 46.4 Å². The molecule has 0 nitrogen and oxygen atoms in total. The van der Waals surface area contributed by atoms with Crippen LogP contribution in [-0.2, 0) is 0 Å². The van der Waals surface area contributed by atoms with Crippen molar-refractivity contribution in [3.05, 3.63) is 38.3 Å². The highest BCUT2D eigenvalue weighted by atomic mass is 35.5. The maximum absolute atomic E-state index is 5.83. The van der Waals surface area contributed by atoms with Gasteiger partial charge < -0.3 is 0 Å². The number of benzene rings is 1.